The van der Waals surface area contributed by atoms with E-state index in [-0.39, 0.29) is 17.9 Å². The van der Waals surface area contributed by atoms with Crippen LogP contribution in [0.4, 0.5) is 0 Å². The standard InChI is InChI=1S/C12H24N2O/c1-9-5-3-7-11(9)12(15)14-10(2)6-4-8-13/h9-11H,3-8,13H2,1-2H3,(H,14,15). The maximum atomic E-state index is 11.9. The highest BCUT2D eigenvalue weighted by atomic mass is 16.1. The van der Waals surface area contributed by atoms with Crippen LogP contribution in [-0.4, -0.2) is 18.5 Å². The minimum Gasteiger partial charge on any atom is -0.353 e. The lowest BCUT2D eigenvalue weighted by Gasteiger charge is -2.19. The predicted octanol–water partition coefficient (Wildman–Crippen LogP) is 1.67. The maximum absolute atomic E-state index is 11.9. The van der Waals surface area contributed by atoms with Gasteiger partial charge in [0.1, 0.15) is 0 Å². The fourth-order valence-corrected chi connectivity index (χ4v) is 2.38. The van der Waals surface area contributed by atoms with Gasteiger partial charge in [-0.25, -0.2) is 0 Å². The van der Waals surface area contributed by atoms with E-state index in [0.29, 0.717) is 12.5 Å². The Hall–Kier alpha value is -0.570. The predicted molar refractivity (Wildman–Crippen MR) is 62.4 cm³/mol. The second kappa shape index (κ2) is 6.11. The molecule has 0 spiro atoms. The third kappa shape index (κ3) is 3.82. The number of rotatable bonds is 5. The summed E-state index contributed by atoms with van der Waals surface area (Å²) in [6.07, 6.45) is 5.45. The number of carbonyl (C=O) groups excluding carboxylic acids is 1. The van der Waals surface area contributed by atoms with Crippen LogP contribution in [0.25, 0.3) is 0 Å². The van der Waals surface area contributed by atoms with E-state index in [2.05, 4.69) is 19.2 Å². The zero-order valence-electron chi connectivity index (χ0n) is 9.96. The highest BCUT2D eigenvalue weighted by molar-refractivity contribution is 5.79. The van der Waals surface area contributed by atoms with Crippen molar-refractivity contribution in [2.24, 2.45) is 17.6 Å². The first-order chi connectivity index (χ1) is 7.15. The number of hydrogen-bond acceptors (Lipinski definition) is 2. The van der Waals surface area contributed by atoms with Crippen molar-refractivity contribution in [3.05, 3.63) is 0 Å². The van der Waals surface area contributed by atoms with E-state index in [9.17, 15) is 4.79 Å². The Balaban J connectivity index is 2.28. The maximum Gasteiger partial charge on any atom is 0.223 e. The van der Waals surface area contributed by atoms with Crippen LogP contribution in [0.2, 0.25) is 0 Å². The van der Waals surface area contributed by atoms with Crippen LogP contribution in [0.5, 0.6) is 0 Å². The summed E-state index contributed by atoms with van der Waals surface area (Å²) in [7, 11) is 0. The molecular formula is C12H24N2O. The molecule has 3 atom stereocenters. The molecule has 1 aliphatic carbocycles. The minimum atomic E-state index is 0.254. The molecule has 0 heterocycles. The summed E-state index contributed by atoms with van der Waals surface area (Å²) in [6, 6.07) is 0.272. The average Bonchev–Trinajstić information content (AvgIpc) is 2.61. The average molecular weight is 212 g/mol. The molecule has 88 valence electrons. The molecule has 0 radical (unpaired) electrons. The smallest absolute Gasteiger partial charge is 0.223 e. The van der Waals surface area contributed by atoms with Crippen LogP contribution in [0.3, 0.4) is 0 Å². The van der Waals surface area contributed by atoms with Gasteiger partial charge in [0.2, 0.25) is 5.91 Å². The lowest BCUT2D eigenvalue weighted by molar-refractivity contribution is -0.126. The minimum absolute atomic E-state index is 0.254. The molecule has 15 heavy (non-hydrogen) atoms. The van der Waals surface area contributed by atoms with E-state index in [1.807, 2.05) is 0 Å². The lowest BCUT2D eigenvalue weighted by Crippen LogP contribution is -2.38. The lowest BCUT2D eigenvalue weighted by atomic mass is 9.97. The van der Waals surface area contributed by atoms with E-state index < -0.39 is 0 Å². The summed E-state index contributed by atoms with van der Waals surface area (Å²) >= 11 is 0. The zero-order chi connectivity index (χ0) is 11.3. The van der Waals surface area contributed by atoms with Gasteiger partial charge < -0.3 is 11.1 Å². The molecule has 0 aromatic rings. The van der Waals surface area contributed by atoms with Crippen LogP contribution in [0, 0.1) is 11.8 Å². The Morgan fingerprint density at radius 2 is 2.27 bits per heavy atom. The van der Waals surface area contributed by atoms with Gasteiger partial charge in [0.05, 0.1) is 0 Å². The zero-order valence-corrected chi connectivity index (χ0v) is 9.96. The second-order valence-corrected chi connectivity index (χ2v) is 4.86. The third-order valence-corrected chi connectivity index (χ3v) is 3.43. The van der Waals surface area contributed by atoms with Crippen molar-refractivity contribution in [3.63, 3.8) is 0 Å². The summed E-state index contributed by atoms with van der Waals surface area (Å²) in [5.41, 5.74) is 5.44. The Labute approximate surface area is 92.8 Å². The van der Waals surface area contributed by atoms with Crippen molar-refractivity contribution < 1.29 is 4.79 Å². The Morgan fingerprint density at radius 3 is 2.80 bits per heavy atom. The fraction of sp³-hybridized carbons (Fsp3) is 0.917. The van der Waals surface area contributed by atoms with Gasteiger partial charge in [0, 0.05) is 12.0 Å². The van der Waals surface area contributed by atoms with E-state index >= 15 is 0 Å². The van der Waals surface area contributed by atoms with Gasteiger partial charge in [0.15, 0.2) is 0 Å². The van der Waals surface area contributed by atoms with Crippen LogP contribution in [-0.2, 0) is 4.79 Å². The van der Waals surface area contributed by atoms with Crippen molar-refractivity contribution in [1.29, 1.82) is 0 Å². The first-order valence-electron chi connectivity index (χ1n) is 6.15. The fourth-order valence-electron chi connectivity index (χ4n) is 2.38. The number of nitrogens with one attached hydrogen (secondary N) is 1. The first kappa shape index (κ1) is 12.5. The Kier molecular flexibility index (Phi) is 5.09. The molecule has 1 aliphatic rings. The Bertz CT molecular complexity index is 206. The van der Waals surface area contributed by atoms with Crippen molar-refractivity contribution in [3.8, 4) is 0 Å². The first-order valence-corrected chi connectivity index (χ1v) is 6.15. The second-order valence-electron chi connectivity index (χ2n) is 4.86. The van der Waals surface area contributed by atoms with Gasteiger partial charge in [-0.1, -0.05) is 13.3 Å². The van der Waals surface area contributed by atoms with Gasteiger partial charge >= 0.3 is 0 Å². The number of carbonyl (C=O) groups is 1. The number of nitrogens with two attached hydrogens (primary N) is 1. The van der Waals surface area contributed by atoms with Crippen molar-refractivity contribution in [2.45, 2.75) is 52.0 Å². The molecule has 3 unspecified atom stereocenters. The molecule has 3 heteroatoms. The topological polar surface area (TPSA) is 55.1 Å². The summed E-state index contributed by atoms with van der Waals surface area (Å²) in [6.45, 7) is 4.95. The van der Waals surface area contributed by atoms with Crippen LogP contribution in [0.15, 0.2) is 0 Å². The Morgan fingerprint density at radius 1 is 1.53 bits per heavy atom. The van der Waals surface area contributed by atoms with E-state index in [0.717, 1.165) is 19.3 Å². The molecule has 0 aliphatic heterocycles. The molecule has 0 aromatic heterocycles. The summed E-state index contributed by atoms with van der Waals surface area (Å²) in [5.74, 6) is 1.07. The normalized spacial score (nSPS) is 27.7. The summed E-state index contributed by atoms with van der Waals surface area (Å²) in [4.78, 5) is 11.9. The molecule has 0 aromatic carbocycles. The van der Waals surface area contributed by atoms with Gasteiger partial charge in [-0.3, -0.25) is 4.79 Å². The number of hydrogen-bond donors (Lipinski definition) is 2. The molecule has 1 rings (SSSR count). The van der Waals surface area contributed by atoms with Gasteiger partial charge in [-0.15, -0.1) is 0 Å². The highest BCUT2D eigenvalue weighted by Crippen LogP contribution is 2.31. The van der Waals surface area contributed by atoms with Crippen molar-refractivity contribution in [1.82, 2.24) is 5.32 Å². The van der Waals surface area contributed by atoms with Crippen LogP contribution in [0.1, 0.15) is 46.0 Å². The van der Waals surface area contributed by atoms with Crippen LogP contribution >= 0.6 is 0 Å². The molecule has 3 nitrogen and oxygen atoms in total. The largest absolute Gasteiger partial charge is 0.353 e. The summed E-state index contributed by atoms with van der Waals surface area (Å²) < 4.78 is 0. The van der Waals surface area contributed by atoms with E-state index in [1.165, 1.54) is 12.8 Å². The third-order valence-electron chi connectivity index (χ3n) is 3.43. The molecule has 0 saturated heterocycles. The quantitative estimate of drug-likeness (QED) is 0.728. The van der Waals surface area contributed by atoms with Crippen molar-refractivity contribution in [2.75, 3.05) is 6.54 Å². The molecule has 1 amide bonds. The van der Waals surface area contributed by atoms with Gasteiger partial charge in [0.25, 0.3) is 0 Å². The van der Waals surface area contributed by atoms with E-state index in [1.54, 1.807) is 0 Å². The van der Waals surface area contributed by atoms with Crippen LogP contribution < -0.4 is 11.1 Å². The number of amides is 1. The molecule has 1 saturated carbocycles. The van der Waals surface area contributed by atoms with Gasteiger partial charge in [-0.05, 0) is 45.1 Å². The summed E-state index contributed by atoms with van der Waals surface area (Å²) in [5, 5.41) is 3.09. The molecular weight excluding hydrogens is 188 g/mol. The molecule has 1 fully saturated rings. The SMILES string of the molecule is CC(CCCN)NC(=O)C1CCCC1C. The highest BCUT2D eigenvalue weighted by Gasteiger charge is 2.29. The van der Waals surface area contributed by atoms with Crippen molar-refractivity contribution >= 4 is 5.91 Å². The molecule has 3 N–H and O–H groups in total. The van der Waals surface area contributed by atoms with E-state index in [4.69, 9.17) is 5.73 Å². The monoisotopic (exact) mass is 212 g/mol. The molecule has 0 bridgehead atoms. The van der Waals surface area contributed by atoms with Gasteiger partial charge in [-0.2, -0.15) is 0 Å².